The van der Waals surface area contributed by atoms with Gasteiger partial charge >= 0.3 is 0 Å². The molecule has 0 aliphatic carbocycles. The largest absolute Gasteiger partial charge is 0.497 e. The van der Waals surface area contributed by atoms with Gasteiger partial charge in [0.2, 0.25) is 0 Å². The van der Waals surface area contributed by atoms with Crippen LogP contribution in [0, 0.1) is 6.92 Å². The summed E-state index contributed by atoms with van der Waals surface area (Å²) in [7, 11) is 1.65. The molecule has 0 aliphatic rings. The van der Waals surface area contributed by atoms with Crippen molar-refractivity contribution in [1.29, 1.82) is 0 Å². The van der Waals surface area contributed by atoms with Crippen molar-refractivity contribution in [2.75, 3.05) is 7.11 Å². The zero-order valence-corrected chi connectivity index (χ0v) is 18.2. The lowest BCUT2D eigenvalue weighted by atomic mass is 10.1. The molecule has 4 aromatic rings. The smallest absolute Gasteiger partial charge is 0.263 e. The third-order valence-electron chi connectivity index (χ3n) is 5.24. The summed E-state index contributed by atoms with van der Waals surface area (Å²) in [4.78, 5) is 19.1. The topological polar surface area (TPSA) is 55.6 Å². The molecule has 0 fully saturated rings. The second kappa shape index (κ2) is 8.71. The van der Waals surface area contributed by atoms with Crippen LogP contribution in [-0.2, 0) is 6.42 Å². The van der Waals surface area contributed by atoms with Gasteiger partial charge in [0.05, 0.1) is 12.8 Å². The lowest BCUT2D eigenvalue weighted by Crippen LogP contribution is -2.32. The first-order valence-corrected chi connectivity index (χ1v) is 10.8. The van der Waals surface area contributed by atoms with Crippen molar-refractivity contribution in [2.45, 2.75) is 32.7 Å². The maximum absolute atomic E-state index is 12.8. The van der Waals surface area contributed by atoms with Crippen LogP contribution < -0.4 is 10.1 Å². The predicted molar refractivity (Wildman–Crippen MR) is 121 cm³/mol. The summed E-state index contributed by atoms with van der Waals surface area (Å²) in [5.41, 5.74) is 4.10. The number of carbonyl (C=O) groups is 1. The quantitative estimate of drug-likeness (QED) is 0.452. The zero-order chi connectivity index (χ0) is 21.1. The van der Waals surface area contributed by atoms with Crippen molar-refractivity contribution in [3.63, 3.8) is 0 Å². The second-order valence-electron chi connectivity index (χ2n) is 7.42. The Morgan fingerprint density at radius 2 is 1.90 bits per heavy atom. The number of benzene rings is 2. The highest BCUT2D eigenvalue weighted by Crippen LogP contribution is 2.28. The Kier molecular flexibility index (Phi) is 5.86. The average Bonchev–Trinajstić information content (AvgIpc) is 3.32. The Morgan fingerprint density at radius 3 is 2.57 bits per heavy atom. The van der Waals surface area contributed by atoms with Crippen LogP contribution in [0.25, 0.3) is 16.2 Å². The standard InChI is InChI=1S/C24H25N3O2S/c1-16(9-10-18-7-5-4-6-8-18)25-23(28)22-17(2)27-15-21(26-24(27)30-22)19-11-13-20(29-3)14-12-19/h4-8,11-16H,9-10H2,1-3H3,(H,25,28). The maximum Gasteiger partial charge on any atom is 0.263 e. The fourth-order valence-corrected chi connectivity index (χ4v) is 4.46. The number of rotatable bonds is 7. The van der Waals surface area contributed by atoms with Crippen LogP contribution in [0.2, 0.25) is 0 Å². The highest BCUT2D eigenvalue weighted by molar-refractivity contribution is 7.19. The first kappa shape index (κ1) is 20.2. The molecule has 0 bridgehead atoms. The molecule has 0 radical (unpaired) electrons. The average molecular weight is 420 g/mol. The van der Waals surface area contributed by atoms with Gasteiger partial charge in [-0.05, 0) is 56.5 Å². The van der Waals surface area contributed by atoms with Crippen LogP contribution in [0.3, 0.4) is 0 Å². The number of thiazole rings is 1. The van der Waals surface area contributed by atoms with E-state index in [4.69, 9.17) is 9.72 Å². The maximum atomic E-state index is 12.8. The van der Waals surface area contributed by atoms with Crippen LogP contribution >= 0.6 is 11.3 Å². The number of aromatic nitrogens is 2. The molecule has 0 saturated heterocycles. The van der Waals surface area contributed by atoms with E-state index < -0.39 is 0 Å². The molecule has 0 saturated carbocycles. The summed E-state index contributed by atoms with van der Waals surface area (Å²) in [6.45, 7) is 4.02. The van der Waals surface area contributed by atoms with E-state index in [-0.39, 0.29) is 11.9 Å². The molecule has 4 rings (SSSR count). The van der Waals surface area contributed by atoms with E-state index in [1.807, 2.05) is 60.0 Å². The summed E-state index contributed by atoms with van der Waals surface area (Å²) >= 11 is 1.43. The molecule has 30 heavy (non-hydrogen) atoms. The van der Waals surface area contributed by atoms with Crippen molar-refractivity contribution in [3.05, 3.63) is 76.9 Å². The van der Waals surface area contributed by atoms with Crippen molar-refractivity contribution in [1.82, 2.24) is 14.7 Å². The van der Waals surface area contributed by atoms with Crippen LogP contribution in [0.15, 0.2) is 60.8 Å². The molecule has 5 nitrogen and oxygen atoms in total. The number of amides is 1. The molecule has 2 aromatic carbocycles. The number of fused-ring (bicyclic) bond motifs is 1. The predicted octanol–water partition coefficient (Wildman–Crippen LogP) is 5.13. The van der Waals surface area contributed by atoms with E-state index in [1.54, 1.807) is 7.11 Å². The van der Waals surface area contributed by atoms with Crippen molar-refractivity contribution in [2.24, 2.45) is 0 Å². The third kappa shape index (κ3) is 4.24. The van der Waals surface area contributed by atoms with Gasteiger partial charge in [-0.25, -0.2) is 4.98 Å². The summed E-state index contributed by atoms with van der Waals surface area (Å²) < 4.78 is 7.21. The molecule has 1 N–H and O–H groups in total. The second-order valence-corrected chi connectivity index (χ2v) is 8.40. The van der Waals surface area contributed by atoms with Crippen molar-refractivity contribution >= 4 is 22.2 Å². The van der Waals surface area contributed by atoms with Crippen molar-refractivity contribution < 1.29 is 9.53 Å². The Morgan fingerprint density at radius 1 is 1.17 bits per heavy atom. The Balaban J connectivity index is 1.45. The van der Waals surface area contributed by atoms with Crippen molar-refractivity contribution in [3.8, 4) is 17.0 Å². The van der Waals surface area contributed by atoms with E-state index in [0.29, 0.717) is 4.88 Å². The van der Waals surface area contributed by atoms with Crippen LogP contribution in [0.5, 0.6) is 5.75 Å². The fraction of sp³-hybridized carbons (Fsp3) is 0.250. The zero-order valence-electron chi connectivity index (χ0n) is 17.4. The van der Waals surface area contributed by atoms with E-state index in [1.165, 1.54) is 16.9 Å². The first-order chi connectivity index (χ1) is 14.5. The van der Waals surface area contributed by atoms with Gasteiger partial charge in [0.15, 0.2) is 4.96 Å². The molecule has 1 unspecified atom stereocenters. The van der Waals surface area contributed by atoms with Crippen LogP contribution in [0.4, 0.5) is 0 Å². The van der Waals surface area contributed by atoms with Crippen LogP contribution in [-0.4, -0.2) is 28.4 Å². The number of ether oxygens (including phenoxy) is 1. The fourth-order valence-electron chi connectivity index (χ4n) is 3.45. The van der Waals surface area contributed by atoms with E-state index in [2.05, 4.69) is 24.4 Å². The Labute approximate surface area is 180 Å². The molecule has 2 aromatic heterocycles. The van der Waals surface area contributed by atoms with Gasteiger partial charge in [-0.2, -0.15) is 0 Å². The number of hydrogen-bond acceptors (Lipinski definition) is 4. The summed E-state index contributed by atoms with van der Waals surface area (Å²) in [6, 6.07) is 18.3. The third-order valence-corrected chi connectivity index (χ3v) is 6.39. The van der Waals surface area contributed by atoms with E-state index in [9.17, 15) is 4.79 Å². The first-order valence-electron chi connectivity index (χ1n) is 10.0. The van der Waals surface area contributed by atoms with Gasteiger partial charge < -0.3 is 10.1 Å². The Hall–Kier alpha value is -3.12. The Bertz CT molecular complexity index is 1150. The number of nitrogens with one attached hydrogen (secondary N) is 1. The summed E-state index contributed by atoms with van der Waals surface area (Å²) in [6.07, 6.45) is 3.83. The molecule has 154 valence electrons. The molecule has 1 atom stereocenters. The minimum atomic E-state index is -0.0328. The van der Waals surface area contributed by atoms with E-state index >= 15 is 0 Å². The number of aryl methyl sites for hydroxylation is 2. The van der Waals surface area contributed by atoms with Crippen LogP contribution in [0.1, 0.15) is 34.3 Å². The normalized spacial score (nSPS) is 12.1. The number of methoxy groups -OCH3 is 1. The summed E-state index contributed by atoms with van der Waals surface area (Å²) in [5.74, 6) is 0.783. The number of imidazole rings is 1. The van der Waals surface area contributed by atoms with E-state index in [0.717, 1.165) is 40.5 Å². The van der Waals surface area contributed by atoms with Gasteiger partial charge in [-0.3, -0.25) is 9.20 Å². The molecule has 6 heteroatoms. The molecular formula is C24H25N3O2S. The monoisotopic (exact) mass is 419 g/mol. The van der Waals surface area contributed by atoms with Gasteiger partial charge in [0.25, 0.3) is 5.91 Å². The minimum absolute atomic E-state index is 0.0328. The molecule has 2 heterocycles. The highest BCUT2D eigenvalue weighted by atomic mass is 32.1. The lowest BCUT2D eigenvalue weighted by molar-refractivity contribution is 0.0941. The molecular weight excluding hydrogens is 394 g/mol. The molecule has 1 amide bonds. The van der Waals surface area contributed by atoms with Gasteiger partial charge in [-0.15, -0.1) is 0 Å². The van der Waals surface area contributed by atoms with Gasteiger partial charge in [0, 0.05) is 23.5 Å². The lowest BCUT2D eigenvalue weighted by Gasteiger charge is -2.13. The highest BCUT2D eigenvalue weighted by Gasteiger charge is 2.19. The number of carbonyl (C=O) groups excluding carboxylic acids is 1. The van der Waals surface area contributed by atoms with Gasteiger partial charge in [0.1, 0.15) is 10.6 Å². The SMILES string of the molecule is COc1ccc(-c2cn3c(C)c(C(=O)NC(C)CCc4ccccc4)sc3n2)cc1. The number of hydrogen-bond donors (Lipinski definition) is 1. The number of nitrogens with zero attached hydrogens (tertiary/aromatic N) is 2. The molecule has 0 spiro atoms. The molecule has 0 aliphatic heterocycles. The minimum Gasteiger partial charge on any atom is -0.497 e. The summed E-state index contributed by atoms with van der Waals surface area (Å²) in [5, 5.41) is 3.13. The van der Waals surface area contributed by atoms with Gasteiger partial charge in [-0.1, -0.05) is 41.7 Å².